The fraction of sp³-hybridized carbons (Fsp3) is 0.179. The topological polar surface area (TPSA) is 55.2 Å². The molecule has 1 aliphatic rings. The second-order valence-corrected chi connectivity index (χ2v) is 9.93. The zero-order chi connectivity index (χ0) is 24.7. The van der Waals surface area contributed by atoms with E-state index < -0.39 is 5.82 Å². The summed E-state index contributed by atoms with van der Waals surface area (Å²) < 4.78 is 15.9. The van der Waals surface area contributed by atoms with Crippen LogP contribution >= 0.6 is 11.8 Å². The second-order valence-electron chi connectivity index (χ2n) is 8.99. The van der Waals surface area contributed by atoms with Crippen molar-refractivity contribution in [2.75, 3.05) is 17.7 Å². The molecule has 0 aliphatic carbocycles. The molecule has 35 heavy (non-hydrogen) atoms. The smallest absolute Gasteiger partial charge is 0.266 e. The van der Waals surface area contributed by atoms with Gasteiger partial charge >= 0.3 is 0 Å². The molecule has 0 bridgehead atoms. The fourth-order valence-corrected chi connectivity index (χ4v) is 5.47. The third-order valence-corrected chi connectivity index (χ3v) is 7.38. The van der Waals surface area contributed by atoms with Crippen molar-refractivity contribution in [1.29, 1.82) is 0 Å². The van der Waals surface area contributed by atoms with Crippen LogP contribution in [0.2, 0.25) is 0 Å². The van der Waals surface area contributed by atoms with Crippen LogP contribution in [0.25, 0.3) is 16.6 Å². The number of allylic oxidation sites excluding steroid dienone is 2. The average Bonchev–Trinajstić information content (AvgIpc) is 3.04. The van der Waals surface area contributed by atoms with Crippen LogP contribution < -0.4 is 10.5 Å². The summed E-state index contributed by atoms with van der Waals surface area (Å²) in [7, 11) is 1.96. The van der Waals surface area contributed by atoms with Gasteiger partial charge in [0.1, 0.15) is 5.82 Å². The van der Waals surface area contributed by atoms with Gasteiger partial charge in [0.15, 0.2) is 10.9 Å². The number of benzene rings is 3. The number of hydrogen-bond donors (Lipinski definition) is 0. The van der Waals surface area contributed by atoms with E-state index in [9.17, 15) is 14.0 Å². The molecule has 2 heterocycles. The van der Waals surface area contributed by atoms with Crippen molar-refractivity contribution in [3.63, 3.8) is 0 Å². The number of nitrogens with zero attached hydrogens (tertiary/aromatic N) is 3. The summed E-state index contributed by atoms with van der Waals surface area (Å²) in [5.74, 6) is -0.586. The number of carbonyl (C=O) groups excluding carboxylic acids is 1. The quantitative estimate of drug-likeness (QED) is 0.212. The molecule has 4 aromatic rings. The number of fused-ring (bicyclic) bond motifs is 2. The molecule has 176 valence electrons. The lowest BCUT2D eigenvalue weighted by Crippen LogP contribution is -2.25. The Morgan fingerprint density at radius 3 is 2.40 bits per heavy atom. The van der Waals surface area contributed by atoms with Crippen molar-refractivity contribution in [3.8, 4) is 5.69 Å². The maximum absolute atomic E-state index is 14.7. The summed E-state index contributed by atoms with van der Waals surface area (Å²) in [5, 5.41) is 0.661. The second kappa shape index (κ2) is 8.82. The highest BCUT2D eigenvalue weighted by atomic mass is 32.2. The van der Waals surface area contributed by atoms with Gasteiger partial charge in [-0.15, -0.1) is 0 Å². The molecule has 1 aliphatic heterocycles. The molecule has 0 fully saturated rings. The SMILES string of the molecule is CN1C(=CC(=O)CSc2nc3ccccc3c(=O)n2-c2ccccc2F)C(C)(C)c2ccccc21. The molecular weight excluding hydrogens is 461 g/mol. The van der Waals surface area contributed by atoms with Gasteiger partial charge in [-0.25, -0.2) is 9.37 Å². The van der Waals surface area contributed by atoms with Crippen LogP contribution in [0.15, 0.2) is 94.5 Å². The molecule has 0 saturated carbocycles. The minimum atomic E-state index is -0.533. The Bertz CT molecular complexity index is 1560. The third-order valence-electron chi connectivity index (χ3n) is 6.42. The van der Waals surface area contributed by atoms with E-state index in [1.807, 2.05) is 30.1 Å². The van der Waals surface area contributed by atoms with Gasteiger partial charge in [0.05, 0.1) is 22.3 Å². The standard InChI is InChI=1S/C28H24FN3O2S/c1-28(2)20-11-5-8-14-23(20)31(3)25(28)16-18(33)17-35-27-30-22-13-7-4-10-19(22)26(34)32(27)24-15-9-6-12-21(24)29/h4-16H,17H2,1-3H3. The van der Waals surface area contributed by atoms with Crippen molar-refractivity contribution in [3.05, 3.63) is 106 Å². The molecule has 1 aromatic heterocycles. The summed E-state index contributed by atoms with van der Waals surface area (Å²) in [6, 6.07) is 21.1. The summed E-state index contributed by atoms with van der Waals surface area (Å²) in [5.41, 5.74) is 3.07. The Morgan fingerprint density at radius 2 is 1.66 bits per heavy atom. The minimum absolute atomic E-state index is 0.0585. The summed E-state index contributed by atoms with van der Waals surface area (Å²) in [4.78, 5) is 33.1. The Morgan fingerprint density at radius 1 is 1.00 bits per heavy atom. The highest BCUT2D eigenvalue weighted by molar-refractivity contribution is 7.99. The summed E-state index contributed by atoms with van der Waals surface area (Å²) >= 11 is 1.13. The first-order chi connectivity index (χ1) is 16.8. The molecule has 0 spiro atoms. The Labute approximate surface area is 206 Å². The van der Waals surface area contributed by atoms with E-state index in [-0.39, 0.29) is 33.4 Å². The predicted molar refractivity (Wildman–Crippen MR) is 139 cm³/mol. The molecule has 0 N–H and O–H groups in total. The number of halogens is 1. The lowest BCUT2D eigenvalue weighted by molar-refractivity contribution is -0.112. The maximum Gasteiger partial charge on any atom is 0.266 e. The van der Waals surface area contributed by atoms with Gasteiger partial charge in [0.25, 0.3) is 5.56 Å². The number of carbonyl (C=O) groups is 1. The molecule has 0 atom stereocenters. The highest BCUT2D eigenvalue weighted by Gasteiger charge is 2.38. The van der Waals surface area contributed by atoms with Gasteiger partial charge in [0, 0.05) is 29.9 Å². The van der Waals surface area contributed by atoms with Crippen molar-refractivity contribution < 1.29 is 9.18 Å². The van der Waals surface area contributed by atoms with Crippen LogP contribution in [0.3, 0.4) is 0 Å². The first-order valence-corrected chi connectivity index (χ1v) is 12.3. The number of ketones is 1. The van der Waals surface area contributed by atoms with Crippen molar-refractivity contribution in [2.45, 2.75) is 24.4 Å². The first-order valence-electron chi connectivity index (χ1n) is 11.3. The van der Waals surface area contributed by atoms with E-state index in [0.29, 0.717) is 10.9 Å². The van der Waals surface area contributed by atoms with Gasteiger partial charge in [-0.2, -0.15) is 0 Å². The van der Waals surface area contributed by atoms with Crippen molar-refractivity contribution in [1.82, 2.24) is 9.55 Å². The molecular formula is C28H24FN3O2S. The Kier molecular flexibility index (Phi) is 5.81. The van der Waals surface area contributed by atoms with Gasteiger partial charge < -0.3 is 4.90 Å². The zero-order valence-corrected chi connectivity index (χ0v) is 20.5. The van der Waals surface area contributed by atoms with Crippen LogP contribution in [0.5, 0.6) is 0 Å². The molecule has 5 nitrogen and oxygen atoms in total. The van der Waals surface area contributed by atoms with E-state index in [4.69, 9.17) is 0 Å². The first kappa shape index (κ1) is 23.1. The van der Waals surface area contributed by atoms with Crippen LogP contribution in [-0.2, 0) is 10.2 Å². The molecule has 5 rings (SSSR count). The van der Waals surface area contributed by atoms with Gasteiger partial charge in [0.2, 0.25) is 0 Å². The van der Waals surface area contributed by atoms with Crippen molar-refractivity contribution in [2.24, 2.45) is 0 Å². The lowest BCUT2D eigenvalue weighted by Gasteiger charge is -2.24. The minimum Gasteiger partial charge on any atom is -0.347 e. The Hall–Kier alpha value is -3.71. The number of anilines is 1. The summed E-state index contributed by atoms with van der Waals surface area (Å²) in [6.07, 6.45) is 1.67. The Balaban J connectivity index is 1.50. The van der Waals surface area contributed by atoms with Crippen LogP contribution in [0, 0.1) is 5.82 Å². The van der Waals surface area contributed by atoms with Gasteiger partial charge in [-0.3, -0.25) is 14.2 Å². The number of thioether (sulfide) groups is 1. The fourth-order valence-electron chi connectivity index (χ4n) is 4.64. The van der Waals surface area contributed by atoms with Crippen molar-refractivity contribution >= 4 is 34.1 Å². The van der Waals surface area contributed by atoms with E-state index >= 15 is 0 Å². The number of aromatic nitrogens is 2. The molecule has 0 amide bonds. The van der Waals surface area contributed by atoms with Crippen LogP contribution in [0.4, 0.5) is 10.1 Å². The molecule has 0 radical (unpaired) electrons. The van der Waals surface area contributed by atoms with E-state index in [2.05, 4.69) is 24.9 Å². The third kappa shape index (κ3) is 3.96. The monoisotopic (exact) mass is 485 g/mol. The predicted octanol–water partition coefficient (Wildman–Crippen LogP) is 5.50. The number of likely N-dealkylation sites (N-methyl/N-ethyl adjacent to an activating group) is 1. The van der Waals surface area contributed by atoms with Crippen LogP contribution in [0.1, 0.15) is 19.4 Å². The summed E-state index contributed by atoms with van der Waals surface area (Å²) in [6.45, 7) is 4.20. The average molecular weight is 486 g/mol. The maximum atomic E-state index is 14.7. The van der Waals surface area contributed by atoms with Crippen LogP contribution in [-0.4, -0.2) is 28.1 Å². The molecule has 7 heteroatoms. The normalized spacial score (nSPS) is 15.5. The largest absolute Gasteiger partial charge is 0.347 e. The van der Waals surface area contributed by atoms with Gasteiger partial charge in [-0.05, 0) is 35.9 Å². The van der Waals surface area contributed by atoms with E-state index in [0.717, 1.165) is 23.1 Å². The molecule has 0 saturated heterocycles. The highest BCUT2D eigenvalue weighted by Crippen LogP contribution is 2.46. The van der Waals surface area contributed by atoms with E-state index in [1.165, 1.54) is 22.3 Å². The van der Waals surface area contributed by atoms with Gasteiger partial charge in [-0.1, -0.05) is 68.1 Å². The number of para-hydroxylation sites is 3. The molecule has 3 aromatic carbocycles. The van der Waals surface area contributed by atoms with E-state index in [1.54, 1.807) is 42.5 Å². The number of rotatable bonds is 5. The zero-order valence-electron chi connectivity index (χ0n) is 19.7. The lowest BCUT2D eigenvalue weighted by atomic mass is 9.83. The molecule has 0 unspecified atom stereocenters. The number of hydrogen-bond acceptors (Lipinski definition) is 5.